The van der Waals surface area contributed by atoms with Crippen LogP contribution in [-0.2, 0) is 6.54 Å². The zero-order valence-electron chi connectivity index (χ0n) is 10.2. The summed E-state index contributed by atoms with van der Waals surface area (Å²) in [4.78, 5) is 6.36. The third-order valence-electron chi connectivity index (χ3n) is 2.76. The maximum Gasteiger partial charge on any atom is 0.0640 e. The molecule has 1 N–H and O–H groups in total. The van der Waals surface area contributed by atoms with Crippen LogP contribution in [-0.4, -0.2) is 19.1 Å². The molecule has 3 nitrogen and oxygen atoms in total. The van der Waals surface area contributed by atoms with Crippen molar-refractivity contribution in [3.05, 3.63) is 54.4 Å². The molecule has 0 spiro atoms. The van der Waals surface area contributed by atoms with Gasteiger partial charge in [-0.15, -0.1) is 0 Å². The van der Waals surface area contributed by atoms with E-state index >= 15 is 0 Å². The number of hydrogen-bond acceptors (Lipinski definition) is 3. The first kappa shape index (κ1) is 11.6. The second kappa shape index (κ2) is 5.46. The molecule has 3 heteroatoms. The molecule has 0 radical (unpaired) electrons. The average Bonchev–Trinajstić information content (AvgIpc) is 2.40. The first-order valence-corrected chi connectivity index (χ1v) is 5.69. The second-order valence-corrected chi connectivity index (χ2v) is 3.93. The van der Waals surface area contributed by atoms with Crippen LogP contribution in [0.5, 0.6) is 0 Å². The van der Waals surface area contributed by atoms with Gasteiger partial charge in [-0.1, -0.05) is 18.2 Å². The number of nitrogens with zero attached hydrogens (tertiary/aromatic N) is 2. The number of rotatable bonds is 4. The first-order chi connectivity index (χ1) is 8.33. The summed E-state index contributed by atoms with van der Waals surface area (Å²) in [6.07, 6.45) is 3.73. The Morgan fingerprint density at radius 3 is 2.65 bits per heavy atom. The topological polar surface area (TPSA) is 28.2 Å². The molecule has 0 fully saturated rings. The van der Waals surface area contributed by atoms with Gasteiger partial charge in [0.2, 0.25) is 0 Å². The highest BCUT2D eigenvalue weighted by molar-refractivity contribution is 5.64. The molecule has 88 valence electrons. The van der Waals surface area contributed by atoms with Gasteiger partial charge in [-0.05, 0) is 30.8 Å². The van der Waals surface area contributed by atoms with Gasteiger partial charge < -0.3 is 10.2 Å². The van der Waals surface area contributed by atoms with E-state index < -0.39 is 0 Å². The largest absolute Gasteiger partial charge is 0.343 e. The Morgan fingerprint density at radius 1 is 1.18 bits per heavy atom. The number of anilines is 2. The standard InChI is InChI=1S/C14H17N3/c1-15-10-12-8-9-16-11-14(12)17(2)13-6-4-3-5-7-13/h3-9,11,15H,10H2,1-2H3. The van der Waals surface area contributed by atoms with Crippen LogP contribution in [0, 0.1) is 0 Å². The van der Waals surface area contributed by atoms with Gasteiger partial charge in [0.15, 0.2) is 0 Å². The maximum atomic E-state index is 4.20. The van der Waals surface area contributed by atoms with Gasteiger partial charge in [0, 0.05) is 25.5 Å². The zero-order valence-corrected chi connectivity index (χ0v) is 10.2. The van der Waals surface area contributed by atoms with Gasteiger partial charge in [-0.2, -0.15) is 0 Å². The van der Waals surface area contributed by atoms with E-state index in [9.17, 15) is 0 Å². The third-order valence-corrected chi connectivity index (χ3v) is 2.76. The van der Waals surface area contributed by atoms with Crippen molar-refractivity contribution in [2.45, 2.75) is 6.54 Å². The summed E-state index contributed by atoms with van der Waals surface area (Å²) in [6, 6.07) is 12.3. The maximum absolute atomic E-state index is 4.20. The van der Waals surface area contributed by atoms with Crippen LogP contribution in [0.4, 0.5) is 11.4 Å². The molecule has 0 amide bonds. The minimum atomic E-state index is 0.842. The summed E-state index contributed by atoms with van der Waals surface area (Å²) >= 11 is 0. The minimum absolute atomic E-state index is 0.842. The van der Waals surface area contributed by atoms with Crippen molar-refractivity contribution in [2.75, 3.05) is 19.0 Å². The van der Waals surface area contributed by atoms with E-state index in [0.29, 0.717) is 0 Å². The van der Waals surface area contributed by atoms with E-state index in [-0.39, 0.29) is 0 Å². The Kier molecular flexibility index (Phi) is 3.73. The predicted molar refractivity (Wildman–Crippen MR) is 71.5 cm³/mol. The second-order valence-electron chi connectivity index (χ2n) is 3.93. The lowest BCUT2D eigenvalue weighted by molar-refractivity contribution is 0.814. The van der Waals surface area contributed by atoms with Crippen molar-refractivity contribution in [1.29, 1.82) is 0 Å². The minimum Gasteiger partial charge on any atom is -0.343 e. The van der Waals surface area contributed by atoms with Crippen molar-refractivity contribution in [2.24, 2.45) is 0 Å². The van der Waals surface area contributed by atoms with E-state index in [1.165, 1.54) is 5.56 Å². The summed E-state index contributed by atoms with van der Waals surface area (Å²) in [6.45, 7) is 0.842. The van der Waals surface area contributed by atoms with Crippen molar-refractivity contribution in [1.82, 2.24) is 10.3 Å². The molecule has 0 saturated heterocycles. The number of aromatic nitrogens is 1. The van der Waals surface area contributed by atoms with Gasteiger partial charge in [0.05, 0.1) is 11.9 Å². The van der Waals surface area contributed by atoms with Crippen LogP contribution in [0.1, 0.15) is 5.56 Å². The fraction of sp³-hybridized carbons (Fsp3) is 0.214. The van der Waals surface area contributed by atoms with Crippen LogP contribution in [0.15, 0.2) is 48.8 Å². The summed E-state index contributed by atoms with van der Waals surface area (Å²) < 4.78 is 0. The molecule has 0 unspecified atom stereocenters. The highest BCUT2D eigenvalue weighted by Gasteiger charge is 2.08. The normalized spacial score (nSPS) is 10.2. The molecular weight excluding hydrogens is 210 g/mol. The molecular formula is C14H17N3. The molecule has 1 aromatic heterocycles. The van der Waals surface area contributed by atoms with Crippen molar-refractivity contribution in [3.8, 4) is 0 Å². The Bertz CT molecular complexity index is 468. The molecule has 0 aliphatic rings. The molecule has 0 saturated carbocycles. The van der Waals surface area contributed by atoms with E-state index in [1.807, 2.05) is 43.7 Å². The summed E-state index contributed by atoms with van der Waals surface area (Å²) in [5.74, 6) is 0. The van der Waals surface area contributed by atoms with E-state index in [0.717, 1.165) is 17.9 Å². The van der Waals surface area contributed by atoms with Gasteiger partial charge in [-0.3, -0.25) is 4.98 Å². The first-order valence-electron chi connectivity index (χ1n) is 5.69. The lowest BCUT2D eigenvalue weighted by Gasteiger charge is -2.22. The smallest absolute Gasteiger partial charge is 0.0640 e. The third kappa shape index (κ3) is 2.63. The van der Waals surface area contributed by atoms with Gasteiger partial charge in [0.25, 0.3) is 0 Å². The summed E-state index contributed by atoms with van der Waals surface area (Å²) in [5.41, 5.74) is 3.54. The Labute approximate surface area is 102 Å². The van der Waals surface area contributed by atoms with Gasteiger partial charge in [-0.25, -0.2) is 0 Å². The molecule has 2 rings (SSSR count). The Hall–Kier alpha value is -1.87. The highest BCUT2D eigenvalue weighted by atomic mass is 15.1. The average molecular weight is 227 g/mol. The van der Waals surface area contributed by atoms with E-state index in [1.54, 1.807) is 0 Å². The lowest BCUT2D eigenvalue weighted by atomic mass is 10.2. The fourth-order valence-corrected chi connectivity index (χ4v) is 1.85. The highest BCUT2D eigenvalue weighted by Crippen LogP contribution is 2.25. The Balaban J connectivity index is 2.33. The molecule has 0 bridgehead atoms. The van der Waals surface area contributed by atoms with Gasteiger partial charge in [0.1, 0.15) is 0 Å². The summed E-state index contributed by atoms with van der Waals surface area (Å²) in [5, 5.41) is 3.18. The number of pyridine rings is 1. The quantitative estimate of drug-likeness (QED) is 0.870. The van der Waals surface area contributed by atoms with Crippen molar-refractivity contribution in [3.63, 3.8) is 0 Å². The molecule has 0 atom stereocenters. The number of hydrogen-bond donors (Lipinski definition) is 1. The van der Waals surface area contributed by atoms with E-state index in [2.05, 4.69) is 34.4 Å². The number of para-hydroxylation sites is 1. The van der Waals surface area contributed by atoms with Crippen LogP contribution in [0.3, 0.4) is 0 Å². The van der Waals surface area contributed by atoms with Crippen LogP contribution in [0.2, 0.25) is 0 Å². The van der Waals surface area contributed by atoms with Crippen molar-refractivity contribution >= 4 is 11.4 Å². The lowest BCUT2D eigenvalue weighted by Crippen LogP contribution is -2.15. The van der Waals surface area contributed by atoms with Crippen LogP contribution < -0.4 is 10.2 Å². The van der Waals surface area contributed by atoms with Crippen LogP contribution >= 0.6 is 0 Å². The number of benzene rings is 1. The van der Waals surface area contributed by atoms with Gasteiger partial charge >= 0.3 is 0 Å². The Morgan fingerprint density at radius 2 is 1.94 bits per heavy atom. The number of nitrogens with one attached hydrogen (secondary N) is 1. The fourth-order valence-electron chi connectivity index (χ4n) is 1.85. The van der Waals surface area contributed by atoms with E-state index in [4.69, 9.17) is 0 Å². The monoisotopic (exact) mass is 227 g/mol. The molecule has 0 aliphatic carbocycles. The zero-order chi connectivity index (χ0) is 12.1. The predicted octanol–water partition coefficient (Wildman–Crippen LogP) is 2.57. The molecule has 1 heterocycles. The summed E-state index contributed by atoms with van der Waals surface area (Å²) in [7, 11) is 4.01. The van der Waals surface area contributed by atoms with Crippen LogP contribution in [0.25, 0.3) is 0 Å². The molecule has 17 heavy (non-hydrogen) atoms. The SMILES string of the molecule is CNCc1ccncc1N(C)c1ccccc1. The van der Waals surface area contributed by atoms with Crippen molar-refractivity contribution < 1.29 is 0 Å². The molecule has 2 aromatic rings. The molecule has 0 aliphatic heterocycles. The molecule has 1 aromatic carbocycles.